The summed E-state index contributed by atoms with van der Waals surface area (Å²) in [5, 5.41) is 2.96. The van der Waals surface area contributed by atoms with Crippen LogP contribution in [0.3, 0.4) is 0 Å². The van der Waals surface area contributed by atoms with Gasteiger partial charge in [0.05, 0.1) is 0 Å². The third-order valence-electron chi connectivity index (χ3n) is 4.93. The van der Waals surface area contributed by atoms with E-state index in [-0.39, 0.29) is 5.91 Å². The number of carbonyl (C=O) groups excluding carboxylic acids is 1. The summed E-state index contributed by atoms with van der Waals surface area (Å²) < 4.78 is 0. The van der Waals surface area contributed by atoms with Crippen molar-refractivity contribution in [3.8, 4) is 0 Å². The minimum absolute atomic E-state index is 0.167. The maximum absolute atomic E-state index is 12.5. The Morgan fingerprint density at radius 2 is 1.64 bits per heavy atom. The molecular formula is C21H27N3O. The van der Waals surface area contributed by atoms with Crippen LogP contribution in [0.15, 0.2) is 54.6 Å². The molecule has 25 heavy (non-hydrogen) atoms. The molecular weight excluding hydrogens is 310 g/mol. The highest BCUT2D eigenvalue weighted by atomic mass is 16.2. The number of hydrogen-bond donors (Lipinski definition) is 2. The highest BCUT2D eigenvalue weighted by Crippen LogP contribution is 2.18. The number of nitrogens with two attached hydrogens (primary N) is 1. The van der Waals surface area contributed by atoms with E-state index in [2.05, 4.69) is 34.5 Å². The summed E-state index contributed by atoms with van der Waals surface area (Å²) in [5.74, 6) is -0.167. The zero-order valence-corrected chi connectivity index (χ0v) is 14.9. The molecule has 1 heterocycles. The molecule has 132 valence electrons. The molecule has 0 bridgehead atoms. The second-order valence-corrected chi connectivity index (χ2v) is 7.05. The summed E-state index contributed by atoms with van der Waals surface area (Å²) in [7, 11) is 0. The summed E-state index contributed by atoms with van der Waals surface area (Å²) in [5.41, 5.74) is 8.44. The Hall–Kier alpha value is -2.17. The summed E-state index contributed by atoms with van der Waals surface area (Å²) >= 11 is 0. The van der Waals surface area contributed by atoms with E-state index in [0.717, 1.165) is 17.7 Å². The number of hydrogen-bond acceptors (Lipinski definition) is 3. The molecule has 0 saturated carbocycles. The number of likely N-dealkylation sites (tertiary alicyclic amines) is 1. The number of carbonyl (C=O) groups is 1. The minimum atomic E-state index is -1.03. The van der Waals surface area contributed by atoms with Crippen LogP contribution in [0.5, 0.6) is 0 Å². The van der Waals surface area contributed by atoms with Gasteiger partial charge in [0.2, 0.25) is 5.91 Å². The van der Waals surface area contributed by atoms with Crippen LogP contribution in [0.1, 0.15) is 36.5 Å². The van der Waals surface area contributed by atoms with E-state index in [1.165, 1.54) is 31.5 Å². The van der Waals surface area contributed by atoms with Crippen LogP contribution in [0.2, 0.25) is 0 Å². The third kappa shape index (κ3) is 4.47. The Kier molecular flexibility index (Phi) is 5.51. The average molecular weight is 337 g/mol. The zero-order valence-electron chi connectivity index (χ0n) is 14.9. The van der Waals surface area contributed by atoms with E-state index in [1.54, 1.807) is 6.92 Å². The van der Waals surface area contributed by atoms with Gasteiger partial charge in [0, 0.05) is 13.1 Å². The first-order chi connectivity index (χ1) is 12.1. The maximum Gasteiger partial charge on any atom is 0.244 e. The maximum atomic E-state index is 12.5. The lowest BCUT2D eigenvalue weighted by molar-refractivity contribution is -0.126. The molecule has 0 spiro atoms. The second-order valence-electron chi connectivity index (χ2n) is 7.05. The Labute approximate surface area is 150 Å². The van der Waals surface area contributed by atoms with Gasteiger partial charge < -0.3 is 11.1 Å². The summed E-state index contributed by atoms with van der Waals surface area (Å²) in [6.07, 6.45) is 2.62. The largest absolute Gasteiger partial charge is 0.350 e. The van der Waals surface area contributed by atoms with E-state index in [1.807, 2.05) is 30.3 Å². The summed E-state index contributed by atoms with van der Waals surface area (Å²) in [4.78, 5) is 15.0. The van der Waals surface area contributed by atoms with Gasteiger partial charge >= 0.3 is 0 Å². The summed E-state index contributed by atoms with van der Waals surface area (Å²) in [6, 6.07) is 17.9. The second kappa shape index (κ2) is 7.81. The SMILES string of the molecule is CC(N)(C(=O)NCc1ccc(CN2CCCC2)cc1)c1ccccc1. The van der Waals surface area contributed by atoms with E-state index in [0.29, 0.717) is 6.54 Å². The molecule has 0 radical (unpaired) electrons. The Morgan fingerprint density at radius 3 is 2.28 bits per heavy atom. The summed E-state index contributed by atoms with van der Waals surface area (Å²) in [6.45, 7) is 5.65. The van der Waals surface area contributed by atoms with Gasteiger partial charge in [0.15, 0.2) is 0 Å². The predicted molar refractivity (Wildman–Crippen MR) is 101 cm³/mol. The standard InChI is InChI=1S/C21H27N3O/c1-21(22,19-7-3-2-4-8-19)20(25)23-15-17-9-11-18(12-10-17)16-24-13-5-6-14-24/h2-4,7-12H,5-6,13-16,22H2,1H3,(H,23,25). The smallest absolute Gasteiger partial charge is 0.244 e. The molecule has 1 atom stereocenters. The molecule has 1 amide bonds. The van der Waals surface area contributed by atoms with E-state index in [9.17, 15) is 4.79 Å². The Morgan fingerprint density at radius 1 is 1.04 bits per heavy atom. The van der Waals surface area contributed by atoms with Gasteiger partial charge in [0.1, 0.15) is 5.54 Å². The first-order valence-electron chi connectivity index (χ1n) is 8.98. The van der Waals surface area contributed by atoms with E-state index < -0.39 is 5.54 Å². The van der Waals surface area contributed by atoms with Crippen LogP contribution in [0.25, 0.3) is 0 Å². The normalized spacial score (nSPS) is 17.2. The van der Waals surface area contributed by atoms with Crippen LogP contribution in [-0.2, 0) is 23.4 Å². The lowest BCUT2D eigenvalue weighted by atomic mass is 9.92. The van der Waals surface area contributed by atoms with Crippen molar-refractivity contribution in [1.29, 1.82) is 0 Å². The first kappa shape index (κ1) is 17.6. The monoisotopic (exact) mass is 337 g/mol. The fourth-order valence-corrected chi connectivity index (χ4v) is 3.24. The van der Waals surface area contributed by atoms with Crippen molar-refractivity contribution in [3.63, 3.8) is 0 Å². The van der Waals surface area contributed by atoms with Crippen LogP contribution in [0, 0.1) is 0 Å². The molecule has 0 aliphatic carbocycles. The Balaban J connectivity index is 1.55. The molecule has 4 heteroatoms. The van der Waals surface area contributed by atoms with Gasteiger partial charge in [-0.15, -0.1) is 0 Å². The molecule has 4 nitrogen and oxygen atoms in total. The van der Waals surface area contributed by atoms with Crippen molar-refractivity contribution in [2.45, 2.75) is 38.4 Å². The van der Waals surface area contributed by atoms with Crippen LogP contribution >= 0.6 is 0 Å². The molecule has 1 saturated heterocycles. The van der Waals surface area contributed by atoms with Crippen molar-refractivity contribution in [2.24, 2.45) is 5.73 Å². The lowest BCUT2D eigenvalue weighted by Crippen LogP contribution is -2.48. The van der Waals surface area contributed by atoms with Gasteiger partial charge in [-0.25, -0.2) is 0 Å². The van der Waals surface area contributed by atoms with Crippen molar-refractivity contribution >= 4 is 5.91 Å². The first-order valence-corrected chi connectivity index (χ1v) is 8.98. The minimum Gasteiger partial charge on any atom is -0.350 e. The number of nitrogens with one attached hydrogen (secondary N) is 1. The molecule has 2 aromatic rings. The van der Waals surface area contributed by atoms with E-state index in [4.69, 9.17) is 5.73 Å². The quantitative estimate of drug-likeness (QED) is 0.852. The number of nitrogens with zero attached hydrogens (tertiary/aromatic N) is 1. The van der Waals surface area contributed by atoms with Crippen LogP contribution in [0.4, 0.5) is 0 Å². The average Bonchev–Trinajstić information content (AvgIpc) is 3.14. The van der Waals surface area contributed by atoms with Gasteiger partial charge in [0.25, 0.3) is 0 Å². The molecule has 1 unspecified atom stereocenters. The molecule has 3 N–H and O–H groups in total. The highest BCUT2D eigenvalue weighted by Gasteiger charge is 2.29. The molecule has 3 rings (SSSR count). The molecule has 2 aromatic carbocycles. The highest BCUT2D eigenvalue weighted by molar-refractivity contribution is 5.86. The molecule has 1 fully saturated rings. The molecule has 0 aromatic heterocycles. The topological polar surface area (TPSA) is 58.4 Å². The zero-order chi connectivity index (χ0) is 17.7. The molecule has 1 aliphatic heterocycles. The van der Waals surface area contributed by atoms with Crippen molar-refractivity contribution in [3.05, 3.63) is 71.3 Å². The van der Waals surface area contributed by atoms with Gasteiger partial charge in [-0.3, -0.25) is 9.69 Å². The Bertz CT molecular complexity index is 689. The van der Waals surface area contributed by atoms with Gasteiger partial charge in [-0.1, -0.05) is 54.6 Å². The van der Waals surface area contributed by atoms with Crippen LogP contribution in [-0.4, -0.2) is 23.9 Å². The molecule has 1 aliphatic rings. The third-order valence-corrected chi connectivity index (χ3v) is 4.93. The number of rotatable bonds is 6. The number of amides is 1. The van der Waals surface area contributed by atoms with Crippen molar-refractivity contribution in [2.75, 3.05) is 13.1 Å². The van der Waals surface area contributed by atoms with Gasteiger partial charge in [-0.05, 0) is 49.5 Å². The van der Waals surface area contributed by atoms with E-state index >= 15 is 0 Å². The van der Waals surface area contributed by atoms with Crippen molar-refractivity contribution in [1.82, 2.24) is 10.2 Å². The van der Waals surface area contributed by atoms with Crippen molar-refractivity contribution < 1.29 is 4.79 Å². The fourth-order valence-electron chi connectivity index (χ4n) is 3.24. The van der Waals surface area contributed by atoms with Crippen LogP contribution < -0.4 is 11.1 Å². The fraction of sp³-hybridized carbons (Fsp3) is 0.381. The number of benzene rings is 2. The predicted octanol–water partition coefficient (Wildman–Crippen LogP) is 2.77. The lowest BCUT2D eigenvalue weighted by Gasteiger charge is -2.24. The van der Waals surface area contributed by atoms with Gasteiger partial charge in [-0.2, -0.15) is 0 Å².